The van der Waals surface area contributed by atoms with E-state index in [9.17, 15) is 5.11 Å². The quantitative estimate of drug-likeness (QED) is 0.728. The average molecular weight is 393 g/mol. The first kappa shape index (κ1) is 18.5. The van der Waals surface area contributed by atoms with Gasteiger partial charge in [-0.15, -0.1) is 0 Å². The summed E-state index contributed by atoms with van der Waals surface area (Å²) >= 11 is 0. The fourth-order valence-corrected chi connectivity index (χ4v) is 4.82. The van der Waals surface area contributed by atoms with Crippen LogP contribution >= 0.6 is 0 Å². The predicted molar refractivity (Wildman–Crippen MR) is 113 cm³/mol. The van der Waals surface area contributed by atoms with Crippen LogP contribution in [0.2, 0.25) is 0 Å². The van der Waals surface area contributed by atoms with E-state index in [0.29, 0.717) is 6.42 Å². The van der Waals surface area contributed by atoms with Gasteiger partial charge in [0.05, 0.1) is 18.4 Å². The number of piperidine rings is 1. The lowest BCUT2D eigenvalue weighted by Crippen LogP contribution is -2.64. The summed E-state index contributed by atoms with van der Waals surface area (Å²) in [7, 11) is 2.17. The van der Waals surface area contributed by atoms with Crippen LogP contribution in [-0.2, 0) is 5.60 Å². The van der Waals surface area contributed by atoms with E-state index < -0.39 is 5.60 Å². The van der Waals surface area contributed by atoms with Crippen molar-refractivity contribution in [2.45, 2.75) is 18.1 Å². The number of hydrogen-bond donors (Lipinski definition) is 1. The topological polar surface area (TPSA) is 60.1 Å². The summed E-state index contributed by atoms with van der Waals surface area (Å²) < 4.78 is 2.08. The van der Waals surface area contributed by atoms with Crippen LogP contribution in [0.15, 0.2) is 55.1 Å². The number of benzene rings is 1. The molecule has 0 unspecified atom stereocenters. The Labute approximate surface area is 171 Å². The molecule has 2 fully saturated rings. The molecule has 29 heavy (non-hydrogen) atoms. The molecule has 7 heteroatoms. The van der Waals surface area contributed by atoms with Crippen molar-refractivity contribution in [2.24, 2.45) is 0 Å². The van der Waals surface area contributed by atoms with E-state index >= 15 is 0 Å². The maximum absolute atomic E-state index is 11.9. The van der Waals surface area contributed by atoms with Gasteiger partial charge in [-0.2, -0.15) is 0 Å². The third kappa shape index (κ3) is 3.29. The number of likely N-dealkylation sites (N-methyl/N-ethyl adjacent to an activating group) is 1. The highest BCUT2D eigenvalue weighted by Gasteiger charge is 2.46. The van der Waals surface area contributed by atoms with Gasteiger partial charge in [0.2, 0.25) is 0 Å². The summed E-state index contributed by atoms with van der Waals surface area (Å²) in [6.45, 7) is 5.53. The monoisotopic (exact) mass is 392 g/mol. The smallest absolute Gasteiger partial charge is 0.156 e. The molecule has 2 atom stereocenters. The van der Waals surface area contributed by atoms with Crippen LogP contribution < -0.4 is 4.90 Å². The van der Waals surface area contributed by atoms with Gasteiger partial charge in [-0.05, 0) is 19.0 Å². The van der Waals surface area contributed by atoms with Gasteiger partial charge in [0.15, 0.2) is 5.65 Å². The summed E-state index contributed by atoms with van der Waals surface area (Å²) in [4.78, 5) is 15.9. The van der Waals surface area contributed by atoms with Crippen molar-refractivity contribution in [1.82, 2.24) is 24.2 Å². The lowest BCUT2D eigenvalue weighted by molar-refractivity contribution is -0.0757. The SMILES string of the molecule is CN1CCN([C@@H]2CN(c3cncc4nccn34)CC[C@]2(O)c2ccccc2)CC1. The Balaban J connectivity index is 1.50. The Morgan fingerprint density at radius 3 is 2.62 bits per heavy atom. The third-order valence-corrected chi connectivity index (χ3v) is 6.58. The summed E-state index contributed by atoms with van der Waals surface area (Å²) in [6, 6.07) is 10.2. The molecular weight excluding hydrogens is 364 g/mol. The Morgan fingerprint density at radius 1 is 1.03 bits per heavy atom. The molecule has 152 valence electrons. The molecule has 1 aromatic carbocycles. The number of piperazine rings is 1. The van der Waals surface area contributed by atoms with Gasteiger partial charge in [-0.1, -0.05) is 30.3 Å². The summed E-state index contributed by atoms with van der Waals surface area (Å²) in [5.74, 6) is 1.04. The van der Waals surface area contributed by atoms with Crippen LogP contribution in [0, 0.1) is 0 Å². The van der Waals surface area contributed by atoms with Crippen molar-refractivity contribution < 1.29 is 5.11 Å². The largest absolute Gasteiger partial charge is 0.383 e. The Hall–Kier alpha value is -2.48. The molecule has 0 saturated carbocycles. The highest BCUT2D eigenvalue weighted by molar-refractivity contribution is 5.49. The molecule has 2 saturated heterocycles. The minimum absolute atomic E-state index is 0.0196. The molecule has 2 aromatic heterocycles. The van der Waals surface area contributed by atoms with Crippen LogP contribution in [0.1, 0.15) is 12.0 Å². The van der Waals surface area contributed by atoms with Crippen molar-refractivity contribution in [3.05, 3.63) is 60.7 Å². The van der Waals surface area contributed by atoms with Crippen molar-refractivity contribution >= 4 is 11.5 Å². The number of imidazole rings is 1. The van der Waals surface area contributed by atoms with E-state index in [0.717, 1.165) is 56.3 Å². The van der Waals surface area contributed by atoms with Crippen molar-refractivity contribution in [3.8, 4) is 0 Å². The maximum Gasteiger partial charge on any atom is 0.156 e. The lowest BCUT2D eigenvalue weighted by Gasteiger charge is -2.51. The molecule has 3 aromatic rings. The lowest BCUT2D eigenvalue weighted by atomic mass is 9.79. The molecule has 1 N–H and O–H groups in total. The van der Waals surface area contributed by atoms with Gasteiger partial charge in [-0.3, -0.25) is 14.3 Å². The number of rotatable bonds is 3. The van der Waals surface area contributed by atoms with E-state index in [1.165, 1.54) is 0 Å². The van der Waals surface area contributed by atoms with Crippen molar-refractivity contribution in [3.63, 3.8) is 0 Å². The highest BCUT2D eigenvalue weighted by Crippen LogP contribution is 2.37. The summed E-state index contributed by atoms with van der Waals surface area (Å²) in [5, 5.41) is 11.9. The highest BCUT2D eigenvalue weighted by atomic mass is 16.3. The summed E-state index contributed by atoms with van der Waals surface area (Å²) in [5.41, 5.74) is 1.01. The van der Waals surface area contributed by atoms with E-state index in [4.69, 9.17) is 0 Å². The molecule has 4 heterocycles. The number of aliphatic hydroxyl groups is 1. The standard InChI is InChI=1S/C22H28N6O/c1-25-11-13-26(14-12-25)19-17-27(21-16-23-15-20-24-8-10-28(20)21)9-7-22(19,29)18-5-3-2-4-6-18/h2-6,8,10,15-16,19,29H,7,9,11-14,17H2,1H3/t19-,22+/m1/s1. The minimum atomic E-state index is -0.857. The minimum Gasteiger partial charge on any atom is -0.383 e. The third-order valence-electron chi connectivity index (χ3n) is 6.58. The fourth-order valence-electron chi connectivity index (χ4n) is 4.82. The normalized spacial score (nSPS) is 26.8. The molecule has 0 radical (unpaired) electrons. The molecule has 5 rings (SSSR count). The summed E-state index contributed by atoms with van der Waals surface area (Å²) in [6.07, 6.45) is 8.16. The molecule has 0 aliphatic carbocycles. The zero-order valence-electron chi connectivity index (χ0n) is 16.9. The van der Waals surface area contributed by atoms with Crippen LogP contribution in [-0.4, -0.2) is 81.6 Å². The van der Waals surface area contributed by atoms with Crippen LogP contribution in [0.3, 0.4) is 0 Å². The zero-order chi connectivity index (χ0) is 19.8. The number of nitrogens with zero attached hydrogens (tertiary/aromatic N) is 6. The zero-order valence-corrected chi connectivity index (χ0v) is 16.9. The number of hydrogen-bond acceptors (Lipinski definition) is 6. The second-order valence-corrected chi connectivity index (χ2v) is 8.26. The maximum atomic E-state index is 11.9. The number of fused-ring (bicyclic) bond motifs is 1. The van der Waals surface area contributed by atoms with Crippen molar-refractivity contribution in [1.29, 1.82) is 0 Å². The van der Waals surface area contributed by atoms with Gasteiger partial charge < -0.3 is 14.9 Å². The Kier molecular flexibility index (Phi) is 4.73. The van der Waals surface area contributed by atoms with E-state index in [-0.39, 0.29) is 6.04 Å². The van der Waals surface area contributed by atoms with Crippen LogP contribution in [0.25, 0.3) is 5.65 Å². The van der Waals surface area contributed by atoms with Gasteiger partial charge in [0.25, 0.3) is 0 Å². The number of anilines is 1. The van der Waals surface area contributed by atoms with Gasteiger partial charge in [-0.25, -0.2) is 4.98 Å². The average Bonchev–Trinajstić information content (AvgIpc) is 3.25. The molecule has 2 aliphatic rings. The van der Waals surface area contributed by atoms with Gasteiger partial charge in [0.1, 0.15) is 11.4 Å². The number of aromatic nitrogens is 3. The first-order valence-electron chi connectivity index (χ1n) is 10.4. The fraction of sp³-hybridized carbons (Fsp3) is 0.455. The van der Waals surface area contributed by atoms with Crippen LogP contribution in [0.5, 0.6) is 0 Å². The van der Waals surface area contributed by atoms with E-state index in [1.54, 1.807) is 6.20 Å². The second kappa shape index (κ2) is 7.40. The molecule has 7 nitrogen and oxygen atoms in total. The first-order valence-corrected chi connectivity index (χ1v) is 10.4. The van der Waals surface area contributed by atoms with Crippen molar-refractivity contribution in [2.75, 3.05) is 51.2 Å². The predicted octanol–water partition coefficient (Wildman–Crippen LogP) is 1.44. The van der Waals surface area contributed by atoms with E-state index in [1.807, 2.05) is 36.8 Å². The van der Waals surface area contributed by atoms with E-state index in [2.05, 4.69) is 48.2 Å². The Bertz CT molecular complexity index is 968. The van der Waals surface area contributed by atoms with Gasteiger partial charge in [0, 0.05) is 51.7 Å². The molecule has 0 spiro atoms. The molecular formula is C22H28N6O. The molecule has 0 amide bonds. The Morgan fingerprint density at radius 2 is 1.83 bits per heavy atom. The second-order valence-electron chi connectivity index (χ2n) is 8.26. The first-order chi connectivity index (χ1) is 14.1. The van der Waals surface area contributed by atoms with Crippen LogP contribution in [0.4, 0.5) is 5.82 Å². The molecule has 2 aliphatic heterocycles. The molecule has 0 bridgehead atoms. The van der Waals surface area contributed by atoms with Gasteiger partial charge >= 0.3 is 0 Å².